The molecule has 1 saturated heterocycles. The summed E-state index contributed by atoms with van der Waals surface area (Å²) >= 11 is 0. The molecule has 1 unspecified atom stereocenters. The first-order valence-corrected chi connectivity index (χ1v) is 7.41. The smallest absolute Gasteiger partial charge is 0.0502 e. The standard InChI is InChI=1S/C8H18Si/c1-8-6-4-5-7-9(8,2)3/h8H,4-7H2,1-3H3. The van der Waals surface area contributed by atoms with Gasteiger partial charge in [0.05, 0.1) is 8.07 Å². The van der Waals surface area contributed by atoms with Crippen molar-refractivity contribution in [2.24, 2.45) is 0 Å². The van der Waals surface area contributed by atoms with Crippen molar-refractivity contribution in [2.75, 3.05) is 0 Å². The first-order valence-electron chi connectivity index (χ1n) is 4.13. The molecule has 1 fully saturated rings. The minimum absolute atomic E-state index is 0.694. The van der Waals surface area contributed by atoms with Crippen LogP contribution in [-0.4, -0.2) is 8.07 Å². The summed E-state index contributed by atoms with van der Waals surface area (Å²) in [6.45, 7) is 7.53. The van der Waals surface area contributed by atoms with Crippen LogP contribution < -0.4 is 0 Å². The Bertz CT molecular complexity index is 96.7. The van der Waals surface area contributed by atoms with Gasteiger partial charge in [-0.15, -0.1) is 0 Å². The molecule has 9 heavy (non-hydrogen) atoms. The van der Waals surface area contributed by atoms with Gasteiger partial charge in [-0.2, -0.15) is 0 Å². The van der Waals surface area contributed by atoms with Gasteiger partial charge in [-0.3, -0.25) is 0 Å². The highest BCUT2D eigenvalue weighted by molar-refractivity contribution is 6.78. The van der Waals surface area contributed by atoms with Crippen LogP contribution in [0.3, 0.4) is 0 Å². The molecule has 0 saturated carbocycles. The fourth-order valence-corrected chi connectivity index (χ4v) is 4.31. The molecule has 1 aliphatic rings. The van der Waals surface area contributed by atoms with Crippen LogP contribution in [0.25, 0.3) is 0 Å². The van der Waals surface area contributed by atoms with Gasteiger partial charge in [0.2, 0.25) is 0 Å². The van der Waals surface area contributed by atoms with Gasteiger partial charge >= 0.3 is 0 Å². The molecule has 0 spiro atoms. The highest BCUT2D eigenvalue weighted by Gasteiger charge is 2.30. The average Bonchev–Trinajstić information content (AvgIpc) is 1.77. The average molecular weight is 142 g/mol. The molecule has 0 amide bonds. The van der Waals surface area contributed by atoms with E-state index in [1.807, 2.05) is 0 Å². The highest BCUT2D eigenvalue weighted by Crippen LogP contribution is 2.36. The molecule has 0 nitrogen and oxygen atoms in total. The molecule has 0 N–H and O–H groups in total. The van der Waals surface area contributed by atoms with Crippen molar-refractivity contribution in [3.63, 3.8) is 0 Å². The maximum Gasteiger partial charge on any atom is 0.0502 e. The predicted molar refractivity (Wildman–Crippen MR) is 45.6 cm³/mol. The first-order chi connectivity index (χ1) is 4.13. The number of hydrogen-bond acceptors (Lipinski definition) is 0. The largest absolute Gasteiger partial charge is 0.0692 e. The maximum absolute atomic E-state index is 2.54. The molecular formula is C8H18Si. The SMILES string of the molecule is CC1CCCC[Si]1(C)C. The highest BCUT2D eigenvalue weighted by atomic mass is 28.3. The minimum atomic E-state index is -0.694. The van der Waals surface area contributed by atoms with Crippen LogP contribution >= 0.6 is 0 Å². The summed E-state index contributed by atoms with van der Waals surface area (Å²) in [6.07, 6.45) is 4.53. The van der Waals surface area contributed by atoms with Crippen LogP contribution in [0.2, 0.25) is 24.7 Å². The van der Waals surface area contributed by atoms with E-state index in [9.17, 15) is 0 Å². The Hall–Kier alpha value is 0.217. The van der Waals surface area contributed by atoms with E-state index in [0.717, 1.165) is 5.54 Å². The van der Waals surface area contributed by atoms with Crippen molar-refractivity contribution in [1.82, 2.24) is 0 Å². The second-order valence-corrected chi connectivity index (χ2v) is 9.60. The van der Waals surface area contributed by atoms with Crippen molar-refractivity contribution in [2.45, 2.75) is 50.9 Å². The van der Waals surface area contributed by atoms with E-state index in [4.69, 9.17) is 0 Å². The lowest BCUT2D eigenvalue weighted by Crippen LogP contribution is -2.33. The van der Waals surface area contributed by atoms with E-state index in [0.29, 0.717) is 0 Å². The predicted octanol–water partition coefficient (Wildman–Crippen LogP) is 3.27. The lowest BCUT2D eigenvalue weighted by molar-refractivity contribution is 0.635. The number of hydrogen-bond donors (Lipinski definition) is 0. The molecule has 0 radical (unpaired) electrons. The molecule has 0 aromatic carbocycles. The third-order valence-electron chi connectivity index (χ3n) is 3.04. The molecule has 0 aromatic heterocycles. The first kappa shape index (κ1) is 7.33. The van der Waals surface area contributed by atoms with Crippen molar-refractivity contribution < 1.29 is 0 Å². The molecule has 1 heterocycles. The van der Waals surface area contributed by atoms with Crippen LogP contribution in [0.4, 0.5) is 0 Å². The summed E-state index contributed by atoms with van der Waals surface area (Å²) in [5, 5.41) is 0. The Kier molecular flexibility index (Phi) is 1.99. The van der Waals surface area contributed by atoms with Crippen LogP contribution in [0.1, 0.15) is 26.2 Å². The summed E-state index contributed by atoms with van der Waals surface area (Å²) in [7, 11) is -0.694. The normalized spacial score (nSPS) is 34.3. The van der Waals surface area contributed by atoms with Crippen molar-refractivity contribution in [3.05, 3.63) is 0 Å². The number of rotatable bonds is 0. The summed E-state index contributed by atoms with van der Waals surface area (Å²) in [4.78, 5) is 0. The topological polar surface area (TPSA) is 0 Å². The Morgan fingerprint density at radius 1 is 1.22 bits per heavy atom. The van der Waals surface area contributed by atoms with Gasteiger partial charge in [0.1, 0.15) is 0 Å². The molecule has 0 aromatic rings. The van der Waals surface area contributed by atoms with Gasteiger partial charge in [0.25, 0.3) is 0 Å². The molecule has 54 valence electrons. The second-order valence-electron chi connectivity index (χ2n) is 4.14. The zero-order valence-electron chi connectivity index (χ0n) is 6.91. The zero-order chi connectivity index (χ0) is 6.91. The Balaban J connectivity index is 2.49. The van der Waals surface area contributed by atoms with Crippen LogP contribution in [-0.2, 0) is 0 Å². The minimum Gasteiger partial charge on any atom is -0.0692 e. The molecular weight excluding hydrogens is 124 g/mol. The van der Waals surface area contributed by atoms with Gasteiger partial charge in [-0.1, -0.05) is 45.3 Å². The fraction of sp³-hybridized carbons (Fsp3) is 1.00. The van der Waals surface area contributed by atoms with E-state index in [1.54, 1.807) is 6.04 Å². The summed E-state index contributed by atoms with van der Waals surface area (Å²) in [5.74, 6) is 0. The van der Waals surface area contributed by atoms with Crippen molar-refractivity contribution in [3.8, 4) is 0 Å². The Morgan fingerprint density at radius 3 is 2.22 bits per heavy atom. The van der Waals surface area contributed by atoms with Gasteiger partial charge < -0.3 is 0 Å². The molecule has 1 heteroatoms. The van der Waals surface area contributed by atoms with E-state index in [-0.39, 0.29) is 0 Å². The van der Waals surface area contributed by atoms with Gasteiger partial charge in [0, 0.05) is 0 Å². The van der Waals surface area contributed by atoms with Gasteiger partial charge in [0.15, 0.2) is 0 Å². The van der Waals surface area contributed by atoms with Crippen molar-refractivity contribution >= 4 is 8.07 Å². The van der Waals surface area contributed by atoms with Crippen molar-refractivity contribution in [1.29, 1.82) is 0 Å². The molecule has 1 atom stereocenters. The van der Waals surface area contributed by atoms with Gasteiger partial charge in [-0.25, -0.2) is 0 Å². The third-order valence-corrected chi connectivity index (χ3v) is 7.64. The molecule has 0 aliphatic carbocycles. The van der Waals surface area contributed by atoms with E-state index in [1.165, 1.54) is 19.3 Å². The third kappa shape index (κ3) is 1.57. The monoisotopic (exact) mass is 142 g/mol. The van der Waals surface area contributed by atoms with E-state index < -0.39 is 8.07 Å². The summed E-state index contributed by atoms with van der Waals surface area (Å²) in [5.41, 5.74) is 1.09. The Labute approximate surface area is 59.7 Å². The Morgan fingerprint density at radius 2 is 1.89 bits per heavy atom. The molecule has 1 aliphatic heterocycles. The maximum atomic E-state index is 2.54. The van der Waals surface area contributed by atoms with Crippen LogP contribution in [0.5, 0.6) is 0 Å². The molecule has 1 rings (SSSR count). The van der Waals surface area contributed by atoms with Crippen LogP contribution in [0.15, 0.2) is 0 Å². The van der Waals surface area contributed by atoms with Gasteiger partial charge in [-0.05, 0) is 5.54 Å². The zero-order valence-corrected chi connectivity index (χ0v) is 7.91. The second kappa shape index (κ2) is 2.45. The fourth-order valence-electron chi connectivity index (χ4n) is 1.67. The quantitative estimate of drug-likeness (QED) is 0.455. The lowest BCUT2D eigenvalue weighted by Gasteiger charge is -2.34. The van der Waals surface area contributed by atoms with E-state index >= 15 is 0 Å². The summed E-state index contributed by atoms with van der Waals surface area (Å²) in [6, 6.07) is 1.58. The van der Waals surface area contributed by atoms with E-state index in [2.05, 4.69) is 20.0 Å². The lowest BCUT2D eigenvalue weighted by atomic mass is 10.2. The molecule has 0 bridgehead atoms. The summed E-state index contributed by atoms with van der Waals surface area (Å²) < 4.78 is 0. The van der Waals surface area contributed by atoms with Crippen LogP contribution in [0, 0.1) is 0 Å².